The Bertz CT molecular complexity index is 444. The fourth-order valence-corrected chi connectivity index (χ4v) is 3.10. The summed E-state index contributed by atoms with van der Waals surface area (Å²) in [5.74, 6) is 2.16. The summed E-state index contributed by atoms with van der Waals surface area (Å²) in [5, 5.41) is 3.91. The second kappa shape index (κ2) is 7.83. The van der Waals surface area contributed by atoms with Crippen LogP contribution >= 0.6 is 11.6 Å². The van der Waals surface area contributed by atoms with E-state index in [1.165, 1.54) is 25.7 Å². The molecule has 1 aliphatic rings. The van der Waals surface area contributed by atoms with E-state index in [1.54, 1.807) is 6.20 Å². The lowest BCUT2D eigenvalue weighted by atomic mass is 10.1. The summed E-state index contributed by atoms with van der Waals surface area (Å²) in [6.07, 6.45) is 7.88. The van der Waals surface area contributed by atoms with Gasteiger partial charge in [0.25, 0.3) is 0 Å². The van der Waals surface area contributed by atoms with Gasteiger partial charge in [0.2, 0.25) is 5.95 Å². The van der Waals surface area contributed by atoms with Crippen LogP contribution in [0.25, 0.3) is 0 Å². The van der Waals surface area contributed by atoms with Gasteiger partial charge in [0.1, 0.15) is 5.02 Å². The molecule has 0 saturated heterocycles. The molecule has 1 aromatic rings. The number of nitrogens with one attached hydrogen (secondary N) is 1. The first-order chi connectivity index (χ1) is 10.1. The maximum absolute atomic E-state index is 6.39. The summed E-state index contributed by atoms with van der Waals surface area (Å²) in [6, 6.07) is 0.568. The summed E-state index contributed by atoms with van der Waals surface area (Å²) >= 11 is 6.39. The summed E-state index contributed by atoms with van der Waals surface area (Å²) < 4.78 is 0. The monoisotopic (exact) mass is 310 g/mol. The number of hydrogen-bond donors (Lipinski definition) is 1. The second-order valence-corrected chi connectivity index (χ2v) is 6.68. The molecule has 0 aliphatic heterocycles. The quantitative estimate of drug-likeness (QED) is 0.812. The van der Waals surface area contributed by atoms with E-state index in [9.17, 15) is 0 Å². The first-order valence-corrected chi connectivity index (χ1v) is 8.52. The zero-order chi connectivity index (χ0) is 15.2. The third-order valence-electron chi connectivity index (χ3n) is 3.86. The van der Waals surface area contributed by atoms with Gasteiger partial charge in [-0.3, -0.25) is 0 Å². The van der Waals surface area contributed by atoms with Crippen LogP contribution in [0.1, 0.15) is 52.9 Å². The average Bonchev–Trinajstić information content (AvgIpc) is 2.98. The van der Waals surface area contributed by atoms with Gasteiger partial charge in [-0.15, -0.1) is 0 Å². The van der Waals surface area contributed by atoms with Crippen LogP contribution in [0.5, 0.6) is 0 Å². The topological polar surface area (TPSA) is 41.1 Å². The van der Waals surface area contributed by atoms with Gasteiger partial charge in [-0.05, 0) is 25.2 Å². The molecule has 0 bridgehead atoms. The fraction of sp³-hybridized carbons (Fsp3) is 0.750. The molecule has 0 atom stereocenters. The number of nitrogens with zero attached hydrogens (tertiary/aromatic N) is 3. The summed E-state index contributed by atoms with van der Waals surface area (Å²) in [5.41, 5.74) is 0. The van der Waals surface area contributed by atoms with Gasteiger partial charge in [0.15, 0.2) is 5.82 Å². The van der Waals surface area contributed by atoms with Crippen LogP contribution in [0.4, 0.5) is 11.8 Å². The largest absolute Gasteiger partial charge is 0.354 e. The van der Waals surface area contributed by atoms with E-state index in [1.807, 2.05) is 0 Å². The Morgan fingerprint density at radius 1 is 1.38 bits per heavy atom. The highest BCUT2D eigenvalue weighted by Crippen LogP contribution is 2.32. The van der Waals surface area contributed by atoms with Crippen LogP contribution in [0.3, 0.4) is 0 Å². The molecule has 1 heterocycles. The molecular formula is C16H27ClN4. The Balaban J connectivity index is 2.24. The van der Waals surface area contributed by atoms with Crippen LogP contribution in [-0.4, -0.2) is 29.1 Å². The number of halogens is 1. The van der Waals surface area contributed by atoms with Crippen LogP contribution in [0.15, 0.2) is 6.20 Å². The minimum Gasteiger partial charge on any atom is -0.354 e. The normalized spacial score (nSPS) is 15.7. The standard InChI is InChI=1S/C16H27ClN4/c1-4-9-18-16-19-10-14(17)15(20-16)21(11-12(2)3)13-7-5-6-8-13/h10,12-13H,4-9,11H2,1-3H3,(H,18,19,20). The molecule has 0 spiro atoms. The highest BCUT2D eigenvalue weighted by atomic mass is 35.5. The van der Waals surface area contributed by atoms with Gasteiger partial charge in [-0.25, -0.2) is 4.98 Å². The van der Waals surface area contributed by atoms with E-state index in [2.05, 4.69) is 41.0 Å². The predicted octanol–water partition coefficient (Wildman–Crippen LogP) is 4.36. The Morgan fingerprint density at radius 3 is 2.71 bits per heavy atom. The smallest absolute Gasteiger partial charge is 0.224 e. The van der Waals surface area contributed by atoms with E-state index in [0.29, 0.717) is 22.9 Å². The summed E-state index contributed by atoms with van der Waals surface area (Å²) in [6.45, 7) is 8.50. The maximum atomic E-state index is 6.39. The van der Waals surface area contributed by atoms with Crippen LogP contribution < -0.4 is 10.2 Å². The number of anilines is 2. The molecule has 0 unspecified atom stereocenters. The lowest BCUT2D eigenvalue weighted by Gasteiger charge is -2.32. The minimum atomic E-state index is 0.568. The van der Waals surface area contributed by atoms with Crippen molar-refractivity contribution in [1.29, 1.82) is 0 Å². The molecule has 0 radical (unpaired) electrons. The van der Waals surface area contributed by atoms with Gasteiger partial charge in [0, 0.05) is 19.1 Å². The van der Waals surface area contributed by atoms with E-state index in [4.69, 9.17) is 11.6 Å². The van der Waals surface area contributed by atoms with Gasteiger partial charge >= 0.3 is 0 Å². The Kier molecular flexibility index (Phi) is 6.09. The SMILES string of the molecule is CCCNc1ncc(Cl)c(N(CC(C)C)C2CCCC2)n1. The van der Waals surface area contributed by atoms with Crippen molar-refractivity contribution in [1.82, 2.24) is 9.97 Å². The van der Waals surface area contributed by atoms with Crippen molar-refractivity contribution in [2.75, 3.05) is 23.3 Å². The molecular weight excluding hydrogens is 284 g/mol. The summed E-state index contributed by atoms with van der Waals surface area (Å²) in [4.78, 5) is 11.4. The van der Waals surface area contributed by atoms with Crippen molar-refractivity contribution in [3.8, 4) is 0 Å². The minimum absolute atomic E-state index is 0.568. The average molecular weight is 311 g/mol. The Labute approximate surface area is 133 Å². The van der Waals surface area contributed by atoms with Gasteiger partial charge in [0.05, 0.1) is 6.20 Å². The van der Waals surface area contributed by atoms with Crippen molar-refractivity contribution in [2.45, 2.75) is 58.9 Å². The molecule has 118 valence electrons. The molecule has 0 amide bonds. The number of aromatic nitrogens is 2. The van der Waals surface area contributed by atoms with Gasteiger partial charge < -0.3 is 10.2 Å². The molecule has 2 rings (SSSR count). The molecule has 21 heavy (non-hydrogen) atoms. The van der Waals surface area contributed by atoms with Crippen molar-refractivity contribution < 1.29 is 0 Å². The zero-order valence-corrected chi connectivity index (χ0v) is 14.2. The first kappa shape index (κ1) is 16.3. The first-order valence-electron chi connectivity index (χ1n) is 8.14. The molecule has 1 N–H and O–H groups in total. The van der Waals surface area contributed by atoms with Crippen molar-refractivity contribution in [3.05, 3.63) is 11.2 Å². The molecule has 1 fully saturated rings. The third kappa shape index (κ3) is 4.47. The number of hydrogen-bond acceptors (Lipinski definition) is 4. The highest BCUT2D eigenvalue weighted by Gasteiger charge is 2.26. The molecule has 0 aromatic carbocycles. The van der Waals surface area contributed by atoms with Crippen molar-refractivity contribution >= 4 is 23.4 Å². The molecule has 5 heteroatoms. The number of rotatable bonds is 7. The Morgan fingerprint density at radius 2 is 2.10 bits per heavy atom. The highest BCUT2D eigenvalue weighted by molar-refractivity contribution is 6.32. The molecule has 1 aliphatic carbocycles. The van der Waals surface area contributed by atoms with Crippen LogP contribution in [0.2, 0.25) is 5.02 Å². The molecule has 4 nitrogen and oxygen atoms in total. The zero-order valence-electron chi connectivity index (χ0n) is 13.4. The van der Waals surface area contributed by atoms with Gasteiger partial charge in [-0.1, -0.05) is 45.2 Å². The lowest BCUT2D eigenvalue weighted by Crippen LogP contribution is -2.37. The van der Waals surface area contributed by atoms with Crippen molar-refractivity contribution in [2.24, 2.45) is 5.92 Å². The summed E-state index contributed by atoms with van der Waals surface area (Å²) in [7, 11) is 0. The Hall–Kier alpha value is -1.03. The van der Waals surface area contributed by atoms with Crippen LogP contribution in [-0.2, 0) is 0 Å². The molecule has 1 aromatic heterocycles. The van der Waals surface area contributed by atoms with E-state index in [-0.39, 0.29) is 0 Å². The van der Waals surface area contributed by atoms with Crippen molar-refractivity contribution in [3.63, 3.8) is 0 Å². The van der Waals surface area contributed by atoms with Crippen LogP contribution in [0, 0.1) is 5.92 Å². The van der Waals surface area contributed by atoms with Gasteiger partial charge in [-0.2, -0.15) is 4.98 Å². The second-order valence-electron chi connectivity index (χ2n) is 6.28. The van der Waals surface area contributed by atoms with E-state index < -0.39 is 0 Å². The fourth-order valence-electron chi connectivity index (χ4n) is 2.90. The molecule has 1 saturated carbocycles. The maximum Gasteiger partial charge on any atom is 0.224 e. The lowest BCUT2D eigenvalue weighted by molar-refractivity contribution is 0.531. The van der Waals surface area contributed by atoms with E-state index >= 15 is 0 Å². The third-order valence-corrected chi connectivity index (χ3v) is 4.12. The predicted molar refractivity (Wildman–Crippen MR) is 90.3 cm³/mol. The van der Waals surface area contributed by atoms with E-state index in [0.717, 1.165) is 25.3 Å².